The number of nitrogens with zero attached hydrogens (tertiary/aromatic N) is 5. The van der Waals surface area contributed by atoms with Gasteiger partial charge < -0.3 is 4.90 Å². The van der Waals surface area contributed by atoms with E-state index in [0.29, 0.717) is 6.54 Å². The van der Waals surface area contributed by atoms with Gasteiger partial charge in [0, 0.05) is 47.3 Å². The summed E-state index contributed by atoms with van der Waals surface area (Å²) in [5.41, 5.74) is 1.82. The highest BCUT2D eigenvalue weighted by atomic mass is 32.1. The Morgan fingerprint density at radius 2 is 2.06 bits per heavy atom. The number of carbonyl (C=O) groups excluding carboxylic acids is 1. The molecule has 4 heterocycles. The van der Waals surface area contributed by atoms with Gasteiger partial charge in [0.25, 0.3) is 5.91 Å². The zero-order chi connectivity index (χ0) is 22.6. The normalized spacial score (nSPS) is 20.4. The summed E-state index contributed by atoms with van der Waals surface area (Å²) in [5.74, 6) is -1.68. The second-order valence-electron chi connectivity index (χ2n) is 8.09. The van der Waals surface area contributed by atoms with E-state index in [4.69, 9.17) is 0 Å². The molecule has 5 rings (SSSR count). The van der Waals surface area contributed by atoms with Crippen molar-refractivity contribution in [3.63, 3.8) is 0 Å². The Balaban J connectivity index is 1.51. The number of carbonyl (C=O) groups is 1. The maximum absolute atomic E-state index is 14.2. The lowest BCUT2D eigenvalue weighted by Gasteiger charge is -2.43. The van der Waals surface area contributed by atoms with Crippen LogP contribution in [0.3, 0.4) is 0 Å². The number of thiophene rings is 1. The van der Waals surface area contributed by atoms with Gasteiger partial charge in [-0.25, -0.2) is 8.78 Å². The van der Waals surface area contributed by atoms with E-state index < -0.39 is 17.0 Å². The van der Waals surface area contributed by atoms with Crippen LogP contribution in [-0.4, -0.2) is 37.3 Å². The maximum Gasteiger partial charge on any atom is 0.285 e. The molecule has 0 spiro atoms. The van der Waals surface area contributed by atoms with Crippen LogP contribution in [0, 0.1) is 11.6 Å². The molecule has 3 aromatic heterocycles. The van der Waals surface area contributed by atoms with Crippen LogP contribution in [0.5, 0.6) is 0 Å². The molecule has 1 amide bonds. The molecule has 4 aromatic rings. The standard InChI is InChI=1S/C22H19F2N5OS2/c1-12-15-6-7-31-18(15)22(2,13-9-25-28(3)10-13)11-29(12)21(30)20-27-26-19(32-20)16-5-4-14(23)8-17(16)24/h4-10,12H,11H2,1-3H3/t12-,22-/m0/s1. The minimum Gasteiger partial charge on any atom is -0.328 e. The fourth-order valence-corrected chi connectivity index (χ4v) is 6.19. The summed E-state index contributed by atoms with van der Waals surface area (Å²) in [6.07, 6.45) is 3.81. The Morgan fingerprint density at radius 3 is 2.78 bits per heavy atom. The van der Waals surface area contributed by atoms with Crippen LogP contribution in [-0.2, 0) is 12.5 Å². The minimum absolute atomic E-state index is 0.120. The van der Waals surface area contributed by atoms with E-state index in [1.54, 1.807) is 20.9 Å². The summed E-state index contributed by atoms with van der Waals surface area (Å²) in [5, 5.41) is 14.8. The Kier molecular flexibility index (Phi) is 4.94. The number of rotatable bonds is 3. The van der Waals surface area contributed by atoms with Crippen molar-refractivity contribution in [1.29, 1.82) is 0 Å². The molecule has 1 aliphatic rings. The van der Waals surface area contributed by atoms with Gasteiger partial charge in [-0.15, -0.1) is 21.5 Å². The molecule has 0 radical (unpaired) electrons. The molecule has 10 heteroatoms. The largest absolute Gasteiger partial charge is 0.328 e. The summed E-state index contributed by atoms with van der Waals surface area (Å²) in [6, 6.07) is 5.16. The van der Waals surface area contributed by atoms with Crippen molar-refractivity contribution in [3.05, 3.63) is 74.7 Å². The van der Waals surface area contributed by atoms with E-state index >= 15 is 0 Å². The van der Waals surface area contributed by atoms with Crippen LogP contribution in [0.25, 0.3) is 10.6 Å². The molecule has 0 bridgehead atoms. The van der Waals surface area contributed by atoms with Crippen LogP contribution in [0.1, 0.15) is 45.7 Å². The molecule has 0 aliphatic carbocycles. The van der Waals surface area contributed by atoms with Crippen molar-refractivity contribution in [3.8, 4) is 10.6 Å². The number of amides is 1. The average molecular weight is 472 g/mol. The summed E-state index contributed by atoms with van der Waals surface area (Å²) < 4.78 is 29.2. The predicted octanol–water partition coefficient (Wildman–Crippen LogP) is 4.80. The van der Waals surface area contributed by atoms with Crippen LogP contribution in [0.2, 0.25) is 0 Å². The van der Waals surface area contributed by atoms with Crippen molar-refractivity contribution >= 4 is 28.6 Å². The lowest BCUT2D eigenvalue weighted by molar-refractivity contribution is 0.0629. The fourth-order valence-electron chi connectivity index (χ4n) is 4.19. The van der Waals surface area contributed by atoms with Crippen molar-refractivity contribution < 1.29 is 13.6 Å². The number of aromatic nitrogens is 4. The smallest absolute Gasteiger partial charge is 0.285 e. The highest BCUT2D eigenvalue weighted by molar-refractivity contribution is 7.16. The van der Waals surface area contributed by atoms with Crippen molar-refractivity contribution in [2.45, 2.75) is 25.3 Å². The van der Waals surface area contributed by atoms with Gasteiger partial charge in [-0.05, 0) is 43.0 Å². The molecule has 164 valence electrons. The quantitative estimate of drug-likeness (QED) is 0.431. The second-order valence-corrected chi connectivity index (χ2v) is 9.98. The summed E-state index contributed by atoms with van der Waals surface area (Å²) in [4.78, 5) is 16.5. The minimum atomic E-state index is -0.737. The predicted molar refractivity (Wildman–Crippen MR) is 119 cm³/mol. The van der Waals surface area contributed by atoms with Gasteiger partial charge in [0.15, 0.2) is 5.01 Å². The first-order chi connectivity index (χ1) is 15.3. The highest BCUT2D eigenvalue weighted by Crippen LogP contribution is 2.46. The molecular weight excluding hydrogens is 452 g/mol. The molecule has 0 saturated heterocycles. The van der Waals surface area contributed by atoms with Crippen molar-refractivity contribution in [1.82, 2.24) is 24.9 Å². The van der Waals surface area contributed by atoms with E-state index in [-0.39, 0.29) is 27.5 Å². The van der Waals surface area contributed by atoms with Crippen LogP contribution < -0.4 is 0 Å². The first kappa shape index (κ1) is 20.9. The average Bonchev–Trinajstić information content (AvgIpc) is 3.51. The van der Waals surface area contributed by atoms with Gasteiger partial charge in [0.2, 0.25) is 5.01 Å². The third-order valence-corrected chi connectivity index (χ3v) is 8.11. The topological polar surface area (TPSA) is 63.9 Å². The molecule has 0 fully saturated rings. The first-order valence-corrected chi connectivity index (χ1v) is 11.6. The fraction of sp³-hybridized carbons (Fsp3) is 0.273. The van der Waals surface area contributed by atoms with Crippen molar-refractivity contribution in [2.24, 2.45) is 7.05 Å². The molecule has 6 nitrogen and oxygen atoms in total. The molecular formula is C22H19F2N5OS2. The summed E-state index contributed by atoms with van der Waals surface area (Å²) in [7, 11) is 1.87. The Hall–Kier alpha value is -2.98. The van der Waals surface area contributed by atoms with E-state index in [1.165, 1.54) is 10.9 Å². The zero-order valence-electron chi connectivity index (χ0n) is 17.5. The van der Waals surface area contributed by atoms with Gasteiger partial charge in [0.1, 0.15) is 11.6 Å². The molecule has 0 unspecified atom stereocenters. The van der Waals surface area contributed by atoms with Crippen LogP contribution in [0.4, 0.5) is 8.78 Å². The van der Waals surface area contributed by atoms with Gasteiger partial charge in [0.05, 0.1) is 12.2 Å². The lowest BCUT2D eigenvalue weighted by atomic mass is 9.76. The zero-order valence-corrected chi connectivity index (χ0v) is 19.2. The number of halogens is 2. The molecule has 1 aliphatic heterocycles. The number of aryl methyl sites for hydroxylation is 1. The summed E-state index contributed by atoms with van der Waals surface area (Å²) >= 11 is 2.68. The van der Waals surface area contributed by atoms with E-state index in [1.807, 2.05) is 31.7 Å². The Bertz CT molecular complexity index is 1330. The molecule has 0 N–H and O–H groups in total. The second kappa shape index (κ2) is 7.56. The Morgan fingerprint density at radius 1 is 1.25 bits per heavy atom. The van der Waals surface area contributed by atoms with Gasteiger partial charge >= 0.3 is 0 Å². The van der Waals surface area contributed by atoms with Gasteiger partial charge in [-0.2, -0.15) is 5.10 Å². The molecule has 2 atom stereocenters. The van der Waals surface area contributed by atoms with Crippen LogP contribution in [0.15, 0.2) is 42.0 Å². The molecule has 1 aromatic carbocycles. The van der Waals surface area contributed by atoms with Gasteiger partial charge in [-0.1, -0.05) is 11.3 Å². The van der Waals surface area contributed by atoms with E-state index in [9.17, 15) is 13.6 Å². The number of benzene rings is 1. The SMILES string of the molecule is C[C@H]1c2ccsc2[C@](C)(c2cnn(C)c2)CN1C(=O)c1nnc(-c2ccc(F)cc2F)s1. The maximum atomic E-state index is 14.2. The lowest BCUT2D eigenvalue weighted by Crippen LogP contribution is -2.48. The highest BCUT2D eigenvalue weighted by Gasteiger charge is 2.44. The van der Waals surface area contributed by atoms with Gasteiger partial charge in [-0.3, -0.25) is 9.48 Å². The third kappa shape index (κ3) is 3.25. The summed E-state index contributed by atoms with van der Waals surface area (Å²) in [6.45, 7) is 4.56. The number of hydrogen-bond acceptors (Lipinski definition) is 6. The first-order valence-electron chi connectivity index (χ1n) is 9.95. The Labute approximate surface area is 191 Å². The molecule has 0 saturated carbocycles. The number of hydrogen-bond donors (Lipinski definition) is 0. The van der Waals surface area contributed by atoms with Crippen molar-refractivity contribution in [2.75, 3.05) is 6.54 Å². The third-order valence-electron chi connectivity index (χ3n) is 5.97. The monoisotopic (exact) mass is 471 g/mol. The number of fused-ring (bicyclic) bond motifs is 1. The van der Waals surface area contributed by atoms with Crippen LogP contribution >= 0.6 is 22.7 Å². The molecule has 32 heavy (non-hydrogen) atoms. The van der Waals surface area contributed by atoms with E-state index in [2.05, 4.69) is 28.3 Å². The van der Waals surface area contributed by atoms with E-state index in [0.717, 1.165) is 34.6 Å².